The molecule has 28 heavy (non-hydrogen) atoms. The standard InChI is InChI=1S/C18H14ClF4N3O2/c19-12-6-13(20)14(5-11(12)18(21,22)23)25-17(28)26-9-1-2-15(26)10-7-24-16(27)4-8(10)3-9/h4-7,9,15H,1-3H2,(H,24,27)(H,25,28)/t9-,15+/m0/s1. The zero-order valence-corrected chi connectivity index (χ0v) is 15.0. The molecule has 2 atom stereocenters. The molecule has 2 aliphatic heterocycles. The Hall–Kier alpha value is -2.55. The van der Waals surface area contributed by atoms with Crippen LogP contribution in [0.2, 0.25) is 5.02 Å². The van der Waals surface area contributed by atoms with E-state index in [0.717, 1.165) is 11.1 Å². The van der Waals surface area contributed by atoms with Crippen LogP contribution in [0.25, 0.3) is 0 Å². The third kappa shape index (κ3) is 3.13. The summed E-state index contributed by atoms with van der Waals surface area (Å²) in [4.78, 5) is 28.4. The Labute approximate surface area is 161 Å². The van der Waals surface area contributed by atoms with E-state index < -0.39 is 34.3 Å². The summed E-state index contributed by atoms with van der Waals surface area (Å²) in [5.74, 6) is -1.06. The van der Waals surface area contributed by atoms with E-state index in [1.807, 2.05) is 0 Å². The van der Waals surface area contributed by atoms with Crippen LogP contribution in [0.3, 0.4) is 0 Å². The van der Waals surface area contributed by atoms with Gasteiger partial charge in [-0.25, -0.2) is 9.18 Å². The Morgan fingerprint density at radius 1 is 1.25 bits per heavy atom. The number of pyridine rings is 1. The number of aromatic nitrogens is 1. The number of hydrogen-bond acceptors (Lipinski definition) is 2. The first-order chi connectivity index (χ1) is 13.1. The molecule has 2 N–H and O–H groups in total. The van der Waals surface area contributed by atoms with E-state index in [1.54, 1.807) is 6.20 Å². The molecule has 5 nitrogen and oxygen atoms in total. The predicted molar refractivity (Wildman–Crippen MR) is 93.8 cm³/mol. The van der Waals surface area contributed by atoms with Crippen molar-refractivity contribution in [1.82, 2.24) is 9.88 Å². The number of hydrogen-bond donors (Lipinski definition) is 2. The minimum atomic E-state index is -4.78. The van der Waals surface area contributed by atoms with E-state index >= 15 is 0 Å². The number of anilines is 1. The Morgan fingerprint density at radius 2 is 2.00 bits per heavy atom. The van der Waals surface area contributed by atoms with Gasteiger partial charge in [0.1, 0.15) is 5.82 Å². The molecule has 1 saturated heterocycles. The molecule has 2 bridgehead atoms. The normalized spacial score (nSPS) is 20.8. The van der Waals surface area contributed by atoms with Crippen LogP contribution in [-0.2, 0) is 12.6 Å². The van der Waals surface area contributed by atoms with Crippen molar-refractivity contribution in [3.05, 3.63) is 62.3 Å². The molecule has 1 aromatic carbocycles. The highest BCUT2D eigenvalue weighted by atomic mass is 35.5. The molecule has 2 amide bonds. The first kappa shape index (κ1) is 18.8. The van der Waals surface area contributed by atoms with E-state index in [1.165, 1.54) is 11.0 Å². The molecule has 4 rings (SSSR count). The van der Waals surface area contributed by atoms with Crippen LogP contribution in [0, 0.1) is 5.82 Å². The topological polar surface area (TPSA) is 65.2 Å². The summed E-state index contributed by atoms with van der Waals surface area (Å²) in [6.07, 6.45) is -1.44. The van der Waals surface area contributed by atoms with E-state index in [0.29, 0.717) is 31.4 Å². The maximum Gasteiger partial charge on any atom is 0.417 e. The fourth-order valence-electron chi connectivity index (χ4n) is 4.00. The molecule has 0 saturated carbocycles. The van der Waals surface area contributed by atoms with Gasteiger partial charge in [0.25, 0.3) is 0 Å². The SMILES string of the molecule is O=C(Nc1cc(C(F)(F)F)c(Cl)cc1F)N1[C@H]2CC[C@@H]1c1c[nH]c(=O)cc1C2. The molecule has 0 unspecified atom stereocenters. The van der Waals surface area contributed by atoms with Gasteiger partial charge in [-0.15, -0.1) is 0 Å². The van der Waals surface area contributed by atoms with Gasteiger partial charge in [-0.3, -0.25) is 4.79 Å². The highest BCUT2D eigenvalue weighted by molar-refractivity contribution is 6.31. The van der Waals surface area contributed by atoms with Crippen LogP contribution in [-0.4, -0.2) is 22.0 Å². The number of fused-ring (bicyclic) bond motifs is 4. The smallest absolute Gasteiger partial charge is 0.329 e. The predicted octanol–water partition coefficient (Wildman–Crippen LogP) is 4.48. The molecule has 3 heterocycles. The van der Waals surface area contributed by atoms with Crippen molar-refractivity contribution in [3.63, 3.8) is 0 Å². The lowest BCUT2D eigenvalue weighted by Gasteiger charge is -2.36. The summed E-state index contributed by atoms with van der Waals surface area (Å²) < 4.78 is 53.2. The molecular weight excluding hydrogens is 402 g/mol. The van der Waals surface area contributed by atoms with Crippen molar-refractivity contribution in [3.8, 4) is 0 Å². The molecule has 0 radical (unpaired) electrons. The Balaban J connectivity index is 1.63. The number of carbonyl (C=O) groups excluding carboxylic acids is 1. The summed E-state index contributed by atoms with van der Waals surface area (Å²) in [6.45, 7) is 0. The highest BCUT2D eigenvalue weighted by Crippen LogP contribution is 2.43. The van der Waals surface area contributed by atoms with Crippen LogP contribution in [0.4, 0.5) is 28.0 Å². The fourth-order valence-corrected chi connectivity index (χ4v) is 4.26. The largest absolute Gasteiger partial charge is 0.417 e. The van der Waals surface area contributed by atoms with Crippen LogP contribution < -0.4 is 10.9 Å². The number of carbonyl (C=O) groups is 1. The third-order valence-corrected chi connectivity index (χ3v) is 5.51. The number of H-pyrrole nitrogens is 1. The number of nitrogens with one attached hydrogen (secondary N) is 2. The number of halogens is 5. The number of alkyl halides is 3. The van der Waals surface area contributed by atoms with Crippen LogP contribution in [0.15, 0.2) is 29.2 Å². The van der Waals surface area contributed by atoms with E-state index in [9.17, 15) is 27.2 Å². The Kier molecular flexibility index (Phi) is 4.37. The van der Waals surface area contributed by atoms with Gasteiger partial charge in [-0.05, 0) is 42.5 Å². The van der Waals surface area contributed by atoms with Gasteiger partial charge in [0.05, 0.1) is 22.3 Å². The zero-order chi connectivity index (χ0) is 20.2. The average Bonchev–Trinajstić information content (AvgIpc) is 2.91. The van der Waals surface area contributed by atoms with Crippen molar-refractivity contribution >= 4 is 23.3 Å². The summed E-state index contributed by atoms with van der Waals surface area (Å²) in [5.41, 5.74) is -0.420. The first-order valence-electron chi connectivity index (χ1n) is 8.52. The summed E-state index contributed by atoms with van der Waals surface area (Å²) in [5, 5.41) is 1.47. The Morgan fingerprint density at radius 3 is 2.71 bits per heavy atom. The van der Waals surface area contributed by atoms with E-state index in [4.69, 9.17) is 11.6 Å². The Bertz CT molecular complexity index is 1020. The number of benzene rings is 1. The lowest BCUT2D eigenvalue weighted by atomic mass is 9.95. The van der Waals surface area contributed by atoms with Gasteiger partial charge < -0.3 is 15.2 Å². The summed E-state index contributed by atoms with van der Waals surface area (Å²) in [6, 6.07) is 1.28. The minimum absolute atomic E-state index is 0.211. The number of aromatic amines is 1. The summed E-state index contributed by atoms with van der Waals surface area (Å²) in [7, 11) is 0. The molecule has 1 fully saturated rings. The molecule has 148 valence electrons. The van der Waals surface area contributed by atoms with Crippen LogP contribution >= 0.6 is 11.6 Å². The number of nitrogens with zero attached hydrogens (tertiary/aromatic N) is 1. The summed E-state index contributed by atoms with van der Waals surface area (Å²) >= 11 is 5.48. The zero-order valence-electron chi connectivity index (χ0n) is 14.2. The molecule has 0 aliphatic carbocycles. The molecular formula is C18H14ClF4N3O2. The van der Waals surface area contributed by atoms with Gasteiger partial charge in [-0.1, -0.05) is 11.6 Å². The van der Waals surface area contributed by atoms with Gasteiger partial charge in [0.2, 0.25) is 5.56 Å². The van der Waals surface area contributed by atoms with Crippen molar-refractivity contribution in [1.29, 1.82) is 0 Å². The third-order valence-electron chi connectivity index (χ3n) is 5.20. The first-order valence-corrected chi connectivity index (χ1v) is 8.90. The van der Waals surface area contributed by atoms with Crippen molar-refractivity contribution in [2.45, 2.75) is 37.5 Å². The quantitative estimate of drug-likeness (QED) is 0.674. The monoisotopic (exact) mass is 415 g/mol. The lowest BCUT2D eigenvalue weighted by molar-refractivity contribution is -0.137. The molecule has 10 heteroatoms. The van der Waals surface area contributed by atoms with Crippen LogP contribution in [0.5, 0.6) is 0 Å². The minimum Gasteiger partial charge on any atom is -0.329 e. The molecule has 2 aliphatic rings. The molecule has 2 aromatic rings. The van der Waals surface area contributed by atoms with E-state index in [2.05, 4.69) is 10.3 Å². The second-order valence-electron chi connectivity index (χ2n) is 6.88. The van der Waals surface area contributed by atoms with Crippen molar-refractivity contribution < 1.29 is 22.4 Å². The van der Waals surface area contributed by atoms with Crippen molar-refractivity contribution in [2.24, 2.45) is 0 Å². The average molecular weight is 416 g/mol. The lowest BCUT2D eigenvalue weighted by Crippen LogP contribution is -2.44. The maximum atomic E-state index is 14.1. The van der Waals surface area contributed by atoms with E-state index in [-0.39, 0.29) is 17.6 Å². The highest BCUT2D eigenvalue weighted by Gasteiger charge is 2.43. The van der Waals surface area contributed by atoms with Gasteiger partial charge in [0.15, 0.2) is 0 Å². The van der Waals surface area contributed by atoms with Crippen LogP contribution in [0.1, 0.15) is 35.6 Å². The van der Waals surface area contributed by atoms with Gasteiger partial charge in [-0.2, -0.15) is 13.2 Å². The maximum absolute atomic E-state index is 14.1. The number of amides is 2. The molecule has 0 spiro atoms. The van der Waals surface area contributed by atoms with Crippen molar-refractivity contribution in [2.75, 3.05) is 5.32 Å². The van der Waals surface area contributed by atoms with Gasteiger partial charge in [0, 0.05) is 18.3 Å². The van der Waals surface area contributed by atoms with Gasteiger partial charge >= 0.3 is 12.2 Å². The second-order valence-corrected chi connectivity index (χ2v) is 7.28. The number of urea groups is 1. The molecule has 1 aromatic heterocycles. The number of rotatable bonds is 1. The second kappa shape index (κ2) is 6.51. The fraction of sp³-hybridized carbons (Fsp3) is 0.333.